The van der Waals surface area contributed by atoms with E-state index in [0.717, 1.165) is 5.47 Å². The van der Waals surface area contributed by atoms with Crippen molar-refractivity contribution in [3.63, 3.8) is 0 Å². The van der Waals surface area contributed by atoms with Gasteiger partial charge in [0, 0.05) is 6.54 Å². The predicted molar refractivity (Wildman–Crippen MR) is 102 cm³/mol. The molecule has 7 nitrogen and oxygen atoms in total. The van der Waals surface area contributed by atoms with Crippen LogP contribution in [0.25, 0.3) is 0 Å². The molecule has 1 atom stereocenters. The van der Waals surface area contributed by atoms with E-state index in [0.29, 0.717) is 6.42 Å². The summed E-state index contributed by atoms with van der Waals surface area (Å²) in [4.78, 5) is 26.5. The van der Waals surface area contributed by atoms with Crippen molar-refractivity contribution in [1.82, 2.24) is 4.90 Å². The van der Waals surface area contributed by atoms with Crippen LogP contribution in [0.2, 0.25) is 0 Å². The SMILES string of the molecule is CCOC(=O)C1CC=C(B2OC(C)(C)C(C)(C)O2)CN1C(=O)OC(C)(C)C. The molecule has 0 radical (unpaired) electrons. The van der Waals surface area contributed by atoms with Crippen molar-refractivity contribution >= 4 is 19.2 Å². The molecule has 1 amide bonds. The van der Waals surface area contributed by atoms with E-state index in [4.69, 9.17) is 18.8 Å². The van der Waals surface area contributed by atoms with Gasteiger partial charge in [-0.2, -0.15) is 0 Å². The number of rotatable bonds is 3. The van der Waals surface area contributed by atoms with Gasteiger partial charge in [0.05, 0.1) is 17.8 Å². The first-order chi connectivity index (χ1) is 12.3. The minimum absolute atomic E-state index is 0.190. The minimum atomic E-state index is -0.717. The third-order valence-corrected chi connectivity index (χ3v) is 5.08. The fourth-order valence-corrected chi connectivity index (χ4v) is 2.90. The van der Waals surface area contributed by atoms with Gasteiger partial charge in [-0.15, -0.1) is 0 Å². The zero-order valence-electron chi connectivity index (χ0n) is 17.8. The normalized spacial score (nSPS) is 24.4. The van der Waals surface area contributed by atoms with Crippen LogP contribution in [0.4, 0.5) is 4.79 Å². The first-order valence-electron chi connectivity index (χ1n) is 9.48. The number of hydrogen-bond donors (Lipinski definition) is 0. The Hall–Kier alpha value is -1.54. The molecule has 152 valence electrons. The summed E-state index contributed by atoms with van der Waals surface area (Å²) in [6, 6.07) is -0.717. The van der Waals surface area contributed by atoms with Crippen LogP contribution in [0.15, 0.2) is 11.5 Å². The highest BCUT2D eigenvalue weighted by Crippen LogP contribution is 2.39. The standard InChI is InChI=1S/C19H32BNO6/c1-9-24-15(22)14-11-10-13(12-21(14)16(23)25-17(2,3)4)20-26-18(5,6)19(7,8)27-20/h10,14H,9,11-12H2,1-8H3. The van der Waals surface area contributed by atoms with Crippen molar-refractivity contribution < 1.29 is 28.4 Å². The molecule has 1 unspecified atom stereocenters. The van der Waals surface area contributed by atoms with Crippen molar-refractivity contribution in [3.05, 3.63) is 11.5 Å². The van der Waals surface area contributed by atoms with Crippen molar-refractivity contribution in [3.8, 4) is 0 Å². The van der Waals surface area contributed by atoms with Crippen LogP contribution in [0, 0.1) is 0 Å². The van der Waals surface area contributed by atoms with Crippen LogP contribution in [0.1, 0.15) is 61.8 Å². The Labute approximate surface area is 162 Å². The molecule has 1 fully saturated rings. The molecule has 1 saturated heterocycles. The van der Waals surface area contributed by atoms with E-state index in [9.17, 15) is 9.59 Å². The quantitative estimate of drug-likeness (QED) is 0.553. The van der Waals surface area contributed by atoms with Gasteiger partial charge in [0.2, 0.25) is 0 Å². The Kier molecular flexibility index (Phi) is 6.02. The molecule has 27 heavy (non-hydrogen) atoms. The molecule has 0 saturated carbocycles. The summed E-state index contributed by atoms with van der Waals surface area (Å²) in [6.07, 6.45) is 1.69. The average molecular weight is 381 g/mol. The molecule has 0 aromatic heterocycles. The maximum atomic E-state index is 12.7. The van der Waals surface area contributed by atoms with Crippen molar-refractivity contribution in [2.24, 2.45) is 0 Å². The summed E-state index contributed by atoms with van der Waals surface area (Å²) in [5, 5.41) is 0. The molecule has 0 aliphatic carbocycles. The average Bonchev–Trinajstić information content (AvgIpc) is 2.73. The summed E-state index contributed by atoms with van der Waals surface area (Å²) in [7, 11) is -0.567. The zero-order valence-corrected chi connectivity index (χ0v) is 17.8. The lowest BCUT2D eigenvalue weighted by Gasteiger charge is -2.35. The van der Waals surface area contributed by atoms with Gasteiger partial charge in [0.15, 0.2) is 0 Å². The second-order valence-electron chi connectivity index (χ2n) is 8.98. The molecule has 2 aliphatic heterocycles. The molecule has 2 rings (SSSR count). The molecular weight excluding hydrogens is 349 g/mol. The van der Waals surface area contributed by atoms with Gasteiger partial charge in [0.25, 0.3) is 0 Å². The van der Waals surface area contributed by atoms with Gasteiger partial charge in [-0.3, -0.25) is 4.90 Å². The fraction of sp³-hybridized carbons (Fsp3) is 0.789. The van der Waals surface area contributed by atoms with E-state index in [-0.39, 0.29) is 13.2 Å². The first kappa shape index (κ1) is 21.8. The molecule has 8 heteroatoms. The van der Waals surface area contributed by atoms with Crippen LogP contribution in [-0.2, 0) is 23.6 Å². The van der Waals surface area contributed by atoms with Gasteiger partial charge in [-0.25, -0.2) is 9.59 Å². The van der Waals surface area contributed by atoms with Crippen molar-refractivity contribution in [2.45, 2.75) is 84.7 Å². The summed E-state index contributed by atoms with van der Waals surface area (Å²) in [5.41, 5.74) is -0.817. The van der Waals surface area contributed by atoms with Gasteiger partial charge < -0.3 is 18.8 Å². The van der Waals surface area contributed by atoms with Crippen LogP contribution in [-0.4, -0.2) is 60.1 Å². The number of carbonyl (C=O) groups is 2. The van der Waals surface area contributed by atoms with Crippen LogP contribution < -0.4 is 0 Å². The number of ether oxygens (including phenoxy) is 2. The van der Waals surface area contributed by atoms with E-state index in [1.54, 1.807) is 27.7 Å². The Balaban J connectivity index is 2.24. The molecule has 0 aromatic carbocycles. The van der Waals surface area contributed by atoms with Crippen LogP contribution in [0.5, 0.6) is 0 Å². The molecule has 2 aliphatic rings. The number of carbonyl (C=O) groups excluding carboxylic acids is 2. The lowest BCUT2D eigenvalue weighted by atomic mass is 9.75. The van der Waals surface area contributed by atoms with E-state index in [1.807, 2.05) is 33.8 Å². The summed E-state index contributed by atoms with van der Waals surface area (Å²) < 4.78 is 22.8. The molecule has 2 heterocycles. The molecule has 0 aromatic rings. The van der Waals surface area contributed by atoms with Gasteiger partial charge in [0.1, 0.15) is 11.6 Å². The van der Waals surface area contributed by atoms with Crippen LogP contribution in [0.3, 0.4) is 0 Å². The lowest BCUT2D eigenvalue weighted by molar-refractivity contribution is -0.149. The number of amides is 1. The minimum Gasteiger partial charge on any atom is -0.464 e. The molecule has 0 spiro atoms. The first-order valence-corrected chi connectivity index (χ1v) is 9.48. The summed E-state index contributed by atoms with van der Waals surface area (Å²) in [5.74, 6) is -0.437. The third-order valence-electron chi connectivity index (χ3n) is 5.08. The summed E-state index contributed by atoms with van der Waals surface area (Å²) >= 11 is 0. The van der Waals surface area contributed by atoms with E-state index >= 15 is 0 Å². The number of hydrogen-bond acceptors (Lipinski definition) is 6. The van der Waals surface area contributed by atoms with Gasteiger partial charge >= 0.3 is 19.2 Å². The Morgan fingerprint density at radius 2 is 1.78 bits per heavy atom. The van der Waals surface area contributed by atoms with Crippen LogP contribution >= 0.6 is 0 Å². The molecule has 0 N–H and O–H groups in total. The van der Waals surface area contributed by atoms with E-state index in [2.05, 4.69) is 0 Å². The van der Waals surface area contributed by atoms with Crippen molar-refractivity contribution in [1.29, 1.82) is 0 Å². The second kappa shape index (κ2) is 7.47. The van der Waals surface area contributed by atoms with Gasteiger partial charge in [-0.05, 0) is 67.3 Å². The monoisotopic (exact) mass is 381 g/mol. The number of nitrogens with zero attached hydrogens (tertiary/aromatic N) is 1. The fourth-order valence-electron chi connectivity index (χ4n) is 2.90. The Bertz CT molecular complexity index is 606. The molecule has 0 bridgehead atoms. The second-order valence-corrected chi connectivity index (χ2v) is 8.98. The number of esters is 1. The smallest absolute Gasteiger partial charge is 0.464 e. The highest BCUT2D eigenvalue weighted by molar-refractivity contribution is 6.54. The zero-order chi connectivity index (χ0) is 20.6. The Morgan fingerprint density at radius 1 is 1.22 bits per heavy atom. The van der Waals surface area contributed by atoms with Gasteiger partial charge in [-0.1, -0.05) is 6.08 Å². The summed E-state index contributed by atoms with van der Waals surface area (Å²) in [6.45, 7) is 15.5. The van der Waals surface area contributed by atoms with E-state index < -0.39 is 42.0 Å². The maximum absolute atomic E-state index is 12.7. The largest absolute Gasteiger partial charge is 0.492 e. The maximum Gasteiger partial charge on any atom is 0.492 e. The Morgan fingerprint density at radius 3 is 2.26 bits per heavy atom. The van der Waals surface area contributed by atoms with Crippen molar-refractivity contribution in [2.75, 3.05) is 13.2 Å². The highest BCUT2D eigenvalue weighted by atomic mass is 16.7. The third kappa shape index (κ3) is 4.85. The predicted octanol–water partition coefficient (Wildman–Crippen LogP) is 3.12. The highest BCUT2D eigenvalue weighted by Gasteiger charge is 2.53. The van der Waals surface area contributed by atoms with E-state index in [1.165, 1.54) is 4.90 Å². The molecular formula is C19H32BNO6. The lowest BCUT2D eigenvalue weighted by Crippen LogP contribution is -2.51. The topological polar surface area (TPSA) is 74.3 Å².